The second kappa shape index (κ2) is 8.09. The topological polar surface area (TPSA) is 9.23 Å². The molecule has 0 spiro atoms. The van der Waals surface area contributed by atoms with Crippen LogP contribution in [0.3, 0.4) is 0 Å². The van der Waals surface area contributed by atoms with Crippen molar-refractivity contribution in [2.24, 2.45) is 5.92 Å². The molecule has 0 fully saturated rings. The van der Waals surface area contributed by atoms with E-state index in [0.717, 1.165) is 25.3 Å². The molecule has 0 saturated carbocycles. The van der Waals surface area contributed by atoms with Crippen LogP contribution in [0.25, 0.3) is 0 Å². The Bertz CT molecular complexity index is 93.6. The minimum atomic E-state index is 0.660. The van der Waals surface area contributed by atoms with Crippen LogP contribution in [0.1, 0.15) is 19.8 Å². The number of alkyl halides is 1. The Morgan fingerprint density at radius 2 is 2.27 bits per heavy atom. The van der Waals surface area contributed by atoms with E-state index in [-0.39, 0.29) is 0 Å². The van der Waals surface area contributed by atoms with E-state index in [2.05, 4.69) is 13.5 Å². The van der Waals surface area contributed by atoms with E-state index >= 15 is 0 Å². The van der Waals surface area contributed by atoms with E-state index in [4.69, 9.17) is 16.3 Å². The number of rotatable bonds is 7. The normalized spacial score (nSPS) is 12.9. The molecule has 0 radical (unpaired) electrons. The Hall–Kier alpha value is -0.0100. The molecule has 11 heavy (non-hydrogen) atoms. The van der Waals surface area contributed by atoms with Crippen molar-refractivity contribution in [2.45, 2.75) is 19.8 Å². The van der Waals surface area contributed by atoms with Gasteiger partial charge in [-0.25, -0.2) is 0 Å². The number of ether oxygens (including phenoxy) is 1. The SMILES string of the molecule is C=CCOCCC(C)CCCl. The summed E-state index contributed by atoms with van der Waals surface area (Å²) in [5, 5.41) is 0. The summed E-state index contributed by atoms with van der Waals surface area (Å²) >= 11 is 5.58. The molecule has 0 aliphatic rings. The van der Waals surface area contributed by atoms with E-state index in [0.29, 0.717) is 12.5 Å². The first kappa shape index (κ1) is 11.0. The maximum Gasteiger partial charge on any atom is 0.0644 e. The Labute approximate surface area is 74.4 Å². The highest BCUT2D eigenvalue weighted by Gasteiger charge is 1.99. The molecule has 1 nitrogen and oxygen atoms in total. The van der Waals surface area contributed by atoms with Gasteiger partial charge in [0.1, 0.15) is 0 Å². The lowest BCUT2D eigenvalue weighted by atomic mass is 10.1. The minimum absolute atomic E-state index is 0.660. The van der Waals surface area contributed by atoms with Gasteiger partial charge in [0.25, 0.3) is 0 Å². The average molecular weight is 177 g/mol. The van der Waals surface area contributed by atoms with Crippen LogP contribution in [0.15, 0.2) is 12.7 Å². The summed E-state index contributed by atoms with van der Waals surface area (Å²) in [6.45, 7) is 7.25. The number of hydrogen-bond acceptors (Lipinski definition) is 1. The van der Waals surface area contributed by atoms with Gasteiger partial charge in [-0.3, -0.25) is 0 Å². The Kier molecular flexibility index (Phi) is 8.08. The maximum absolute atomic E-state index is 5.58. The third kappa shape index (κ3) is 7.89. The molecule has 0 aromatic heterocycles. The molecule has 1 atom stereocenters. The van der Waals surface area contributed by atoms with Crippen molar-refractivity contribution in [1.82, 2.24) is 0 Å². The monoisotopic (exact) mass is 176 g/mol. The summed E-state index contributed by atoms with van der Waals surface area (Å²) < 4.78 is 5.24. The van der Waals surface area contributed by atoms with Gasteiger partial charge >= 0.3 is 0 Å². The van der Waals surface area contributed by atoms with Gasteiger partial charge in [0.2, 0.25) is 0 Å². The molecule has 0 aromatic rings. The third-order valence-corrected chi connectivity index (χ3v) is 1.81. The van der Waals surface area contributed by atoms with Crippen molar-refractivity contribution in [3.63, 3.8) is 0 Å². The minimum Gasteiger partial charge on any atom is -0.377 e. The fourth-order valence-electron chi connectivity index (χ4n) is 0.782. The Balaban J connectivity index is 3.03. The largest absolute Gasteiger partial charge is 0.377 e. The zero-order valence-electron chi connectivity index (χ0n) is 7.18. The summed E-state index contributed by atoms with van der Waals surface area (Å²) in [5.41, 5.74) is 0. The van der Waals surface area contributed by atoms with Gasteiger partial charge in [-0.15, -0.1) is 18.2 Å². The van der Waals surface area contributed by atoms with Crippen LogP contribution in [0.4, 0.5) is 0 Å². The number of halogens is 1. The first-order valence-corrected chi connectivity index (χ1v) is 4.59. The van der Waals surface area contributed by atoms with E-state index in [1.807, 2.05) is 0 Å². The van der Waals surface area contributed by atoms with Crippen LogP contribution in [0, 0.1) is 5.92 Å². The van der Waals surface area contributed by atoms with E-state index in [1.165, 1.54) is 0 Å². The van der Waals surface area contributed by atoms with E-state index < -0.39 is 0 Å². The molecule has 0 amide bonds. The van der Waals surface area contributed by atoms with Crippen molar-refractivity contribution in [3.05, 3.63) is 12.7 Å². The predicted octanol–water partition coefficient (Wildman–Crippen LogP) is 2.84. The molecular weight excluding hydrogens is 160 g/mol. The molecule has 0 bridgehead atoms. The highest BCUT2D eigenvalue weighted by atomic mass is 35.5. The van der Waals surface area contributed by atoms with Crippen molar-refractivity contribution in [1.29, 1.82) is 0 Å². The predicted molar refractivity (Wildman–Crippen MR) is 50.1 cm³/mol. The van der Waals surface area contributed by atoms with Crippen LogP contribution in [-0.4, -0.2) is 19.1 Å². The highest BCUT2D eigenvalue weighted by Crippen LogP contribution is 2.07. The molecular formula is C9H17ClO. The summed E-state index contributed by atoms with van der Waals surface area (Å²) in [5.74, 6) is 1.43. The van der Waals surface area contributed by atoms with Gasteiger partial charge in [0, 0.05) is 12.5 Å². The van der Waals surface area contributed by atoms with Crippen molar-refractivity contribution < 1.29 is 4.74 Å². The van der Waals surface area contributed by atoms with Gasteiger partial charge < -0.3 is 4.74 Å². The quantitative estimate of drug-likeness (QED) is 0.329. The van der Waals surface area contributed by atoms with Crippen LogP contribution in [-0.2, 0) is 4.74 Å². The van der Waals surface area contributed by atoms with E-state index in [9.17, 15) is 0 Å². The first-order valence-electron chi connectivity index (χ1n) is 4.05. The standard InChI is InChI=1S/C9H17ClO/c1-3-7-11-8-5-9(2)4-6-10/h3,9H,1,4-8H2,2H3. The van der Waals surface area contributed by atoms with Crippen LogP contribution in [0.5, 0.6) is 0 Å². The smallest absolute Gasteiger partial charge is 0.0644 e. The zero-order chi connectivity index (χ0) is 8.53. The van der Waals surface area contributed by atoms with Gasteiger partial charge in [-0.1, -0.05) is 13.0 Å². The third-order valence-electron chi connectivity index (χ3n) is 1.59. The molecule has 0 aromatic carbocycles. The fraction of sp³-hybridized carbons (Fsp3) is 0.778. The molecule has 2 heteroatoms. The lowest BCUT2D eigenvalue weighted by Gasteiger charge is -2.08. The van der Waals surface area contributed by atoms with Gasteiger partial charge in [-0.2, -0.15) is 0 Å². The molecule has 0 N–H and O–H groups in total. The summed E-state index contributed by atoms with van der Waals surface area (Å²) in [4.78, 5) is 0. The van der Waals surface area contributed by atoms with Gasteiger partial charge in [0.05, 0.1) is 6.61 Å². The molecule has 0 aliphatic heterocycles. The molecule has 66 valence electrons. The summed E-state index contributed by atoms with van der Waals surface area (Å²) in [7, 11) is 0. The first-order chi connectivity index (χ1) is 5.31. The second-order valence-electron chi connectivity index (χ2n) is 2.74. The highest BCUT2D eigenvalue weighted by molar-refractivity contribution is 6.17. The lowest BCUT2D eigenvalue weighted by molar-refractivity contribution is 0.147. The fourth-order valence-corrected chi connectivity index (χ4v) is 1.15. The van der Waals surface area contributed by atoms with Crippen molar-refractivity contribution >= 4 is 11.6 Å². The maximum atomic E-state index is 5.58. The molecule has 1 unspecified atom stereocenters. The lowest BCUT2D eigenvalue weighted by Crippen LogP contribution is -2.02. The van der Waals surface area contributed by atoms with Crippen LogP contribution in [0.2, 0.25) is 0 Å². The van der Waals surface area contributed by atoms with Gasteiger partial charge in [-0.05, 0) is 18.8 Å². The molecule has 0 saturated heterocycles. The van der Waals surface area contributed by atoms with Crippen molar-refractivity contribution in [2.75, 3.05) is 19.1 Å². The van der Waals surface area contributed by atoms with Crippen LogP contribution >= 0.6 is 11.6 Å². The zero-order valence-corrected chi connectivity index (χ0v) is 7.94. The van der Waals surface area contributed by atoms with Gasteiger partial charge in [0.15, 0.2) is 0 Å². The van der Waals surface area contributed by atoms with Crippen molar-refractivity contribution in [3.8, 4) is 0 Å². The molecule has 0 aliphatic carbocycles. The molecule has 0 rings (SSSR count). The number of hydrogen-bond donors (Lipinski definition) is 0. The average Bonchev–Trinajstić information content (AvgIpc) is 1.99. The second-order valence-corrected chi connectivity index (χ2v) is 3.11. The van der Waals surface area contributed by atoms with Crippen LogP contribution < -0.4 is 0 Å². The van der Waals surface area contributed by atoms with E-state index in [1.54, 1.807) is 6.08 Å². The Morgan fingerprint density at radius 1 is 1.55 bits per heavy atom. The molecule has 0 heterocycles. The summed E-state index contributed by atoms with van der Waals surface area (Å²) in [6, 6.07) is 0. The summed E-state index contributed by atoms with van der Waals surface area (Å²) in [6.07, 6.45) is 3.95. The Morgan fingerprint density at radius 3 is 2.82 bits per heavy atom.